The van der Waals surface area contributed by atoms with Crippen LogP contribution < -0.4 is 4.18 Å². The predicted molar refractivity (Wildman–Crippen MR) is 133 cm³/mol. The number of ketones is 1. The predicted octanol–water partition coefficient (Wildman–Crippen LogP) is 4.95. The van der Waals surface area contributed by atoms with E-state index >= 15 is 0 Å². The van der Waals surface area contributed by atoms with Crippen molar-refractivity contribution < 1.29 is 54.0 Å². The first kappa shape index (κ1) is 28.6. The van der Waals surface area contributed by atoms with E-state index in [9.17, 15) is 31.2 Å². The molecule has 0 N–H and O–H groups in total. The van der Waals surface area contributed by atoms with Crippen molar-refractivity contribution in [2.75, 3.05) is 6.61 Å². The van der Waals surface area contributed by atoms with Crippen molar-refractivity contribution >= 4 is 21.9 Å². The molecule has 0 unspecified atom stereocenters. The van der Waals surface area contributed by atoms with Crippen molar-refractivity contribution in [3.05, 3.63) is 41.2 Å². The molecule has 9 nitrogen and oxygen atoms in total. The first-order valence-electron chi connectivity index (χ1n) is 12.7. The van der Waals surface area contributed by atoms with Crippen LogP contribution >= 0.6 is 0 Å². The van der Waals surface area contributed by atoms with Crippen LogP contribution in [0.5, 0.6) is 5.75 Å². The fourth-order valence-corrected chi connectivity index (χ4v) is 6.98. The monoisotopic (exact) mass is 586 g/mol. The zero-order chi connectivity index (χ0) is 29.5. The molecule has 0 spiro atoms. The van der Waals surface area contributed by atoms with Crippen LogP contribution in [0.2, 0.25) is 0 Å². The molecular weight excluding hydrogens is 557 g/mol. The summed E-state index contributed by atoms with van der Waals surface area (Å²) in [5.41, 5.74) is -5.92. The van der Waals surface area contributed by atoms with Crippen molar-refractivity contribution in [2.24, 2.45) is 5.41 Å². The van der Waals surface area contributed by atoms with Gasteiger partial charge in [0.05, 0.1) is 6.10 Å². The van der Waals surface area contributed by atoms with Gasteiger partial charge in [-0.05, 0) is 68.9 Å². The molecule has 3 aliphatic rings. The fraction of sp³-hybridized carbons (Fsp3) is 0.556. The van der Waals surface area contributed by atoms with Gasteiger partial charge >= 0.3 is 21.6 Å². The summed E-state index contributed by atoms with van der Waals surface area (Å²) in [4.78, 5) is 25.1. The highest BCUT2D eigenvalue weighted by Crippen LogP contribution is 2.66. The van der Waals surface area contributed by atoms with E-state index in [1.807, 2.05) is 6.92 Å². The number of furan rings is 1. The minimum atomic E-state index is -5.85. The Bertz CT molecular complexity index is 1490. The zero-order valence-electron chi connectivity index (χ0n) is 22.5. The van der Waals surface area contributed by atoms with E-state index in [1.54, 1.807) is 26.8 Å². The third-order valence-electron chi connectivity index (χ3n) is 8.23. The molecule has 40 heavy (non-hydrogen) atoms. The highest BCUT2D eigenvalue weighted by atomic mass is 32.2. The highest BCUT2D eigenvalue weighted by molar-refractivity contribution is 7.88. The summed E-state index contributed by atoms with van der Waals surface area (Å²) in [5.74, 6) is -1.81. The highest BCUT2D eigenvalue weighted by Gasteiger charge is 2.74. The first-order valence-corrected chi connectivity index (χ1v) is 14.1. The van der Waals surface area contributed by atoms with E-state index in [1.165, 1.54) is 19.1 Å². The quantitative estimate of drug-likeness (QED) is 0.263. The summed E-state index contributed by atoms with van der Waals surface area (Å²) >= 11 is 0. The van der Waals surface area contributed by atoms with E-state index in [-0.39, 0.29) is 11.7 Å². The van der Waals surface area contributed by atoms with Crippen LogP contribution in [-0.2, 0) is 40.3 Å². The van der Waals surface area contributed by atoms with Gasteiger partial charge in [0, 0.05) is 24.3 Å². The standard InChI is InChI=1S/C27H29F3O9S/c1-14-6-7-16(38-40(33,34)27(28,29)30)10-17(14)21-11-18-19-12-23-26(39-24(3,4)37-23,22(32)13-35-15(2)31)25(19,5)9-8-20(18)36-21/h6-7,10-11,19,23H,8-9,12-13H2,1-5H3/t19-,23+,25-,26+/m0/s1. The molecular formula is C27H29F3O9S. The number of benzene rings is 1. The van der Waals surface area contributed by atoms with Crippen LogP contribution in [0, 0.1) is 12.3 Å². The molecule has 2 aliphatic carbocycles. The second kappa shape index (κ2) is 9.05. The number of Topliss-reactive ketones (excluding diaryl/α,β-unsaturated/α-hetero) is 1. The van der Waals surface area contributed by atoms with E-state index in [4.69, 9.17) is 18.6 Å². The molecule has 1 aromatic carbocycles. The SMILES string of the molecule is CC(=O)OCC(=O)[C@@]12OC(C)(C)O[C@@H]1C[C@H]1c3cc(-c4cc(OS(=O)(=O)C(F)(F)F)ccc4C)oc3CC[C@@]12C. The maximum absolute atomic E-state index is 13.7. The van der Waals surface area contributed by atoms with Crippen LogP contribution in [0.3, 0.4) is 0 Å². The maximum Gasteiger partial charge on any atom is 0.534 e. The Morgan fingerprint density at radius 2 is 1.85 bits per heavy atom. The lowest BCUT2D eigenvalue weighted by Gasteiger charge is -2.46. The molecule has 1 saturated carbocycles. The number of hydrogen-bond acceptors (Lipinski definition) is 9. The van der Waals surface area contributed by atoms with Gasteiger partial charge in [0.1, 0.15) is 17.3 Å². The third-order valence-corrected chi connectivity index (χ3v) is 9.21. The summed E-state index contributed by atoms with van der Waals surface area (Å²) in [7, 11) is -5.85. The molecule has 4 atom stereocenters. The van der Waals surface area contributed by atoms with Gasteiger partial charge in [0.15, 0.2) is 18.0 Å². The molecule has 0 bridgehead atoms. The van der Waals surface area contributed by atoms with E-state index < -0.39 is 56.9 Å². The Balaban J connectivity index is 1.52. The number of aryl methyl sites for hydroxylation is 2. The Hall–Kier alpha value is -2.90. The summed E-state index contributed by atoms with van der Waals surface area (Å²) in [5, 5.41) is 0. The number of ether oxygens (including phenoxy) is 3. The maximum atomic E-state index is 13.7. The molecule has 1 aliphatic heterocycles. The minimum Gasteiger partial charge on any atom is -0.461 e. The molecule has 1 saturated heterocycles. The molecule has 2 heterocycles. The number of carbonyl (C=O) groups is 2. The van der Waals surface area contributed by atoms with Gasteiger partial charge < -0.3 is 22.8 Å². The summed E-state index contributed by atoms with van der Waals surface area (Å²) in [6.07, 6.45) is 0.726. The number of hydrogen-bond donors (Lipinski definition) is 0. The van der Waals surface area contributed by atoms with Crippen molar-refractivity contribution in [3.8, 4) is 17.1 Å². The number of carbonyl (C=O) groups excluding carboxylic acids is 2. The number of alkyl halides is 3. The lowest BCUT2D eigenvalue weighted by atomic mass is 9.61. The van der Waals surface area contributed by atoms with E-state index in [0.29, 0.717) is 41.9 Å². The lowest BCUT2D eigenvalue weighted by Crippen LogP contribution is -2.58. The molecule has 0 radical (unpaired) electrons. The summed E-state index contributed by atoms with van der Waals surface area (Å²) in [6, 6.07) is 5.52. The molecule has 0 amide bonds. The molecule has 13 heteroatoms. The number of esters is 1. The van der Waals surface area contributed by atoms with E-state index in [2.05, 4.69) is 4.18 Å². The Labute approximate surface area is 229 Å². The lowest BCUT2D eigenvalue weighted by molar-refractivity contribution is -0.201. The number of rotatable bonds is 6. The molecule has 1 aromatic heterocycles. The number of fused-ring (bicyclic) bond motifs is 5. The first-order chi connectivity index (χ1) is 18.4. The largest absolute Gasteiger partial charge is 0.534 e. The average molecular weight is 587 g/mol. The Morgan fingerprint density at radius 3 is 2.50 bits per heavy atom. The minimum absolute atomic E-state index is 0.249. The number of halogens is 3. The molecule has 2 fully saturated rings. The zero-order valence-corrected chi connectivity index (χ0v) is 23.3. The van der Waals surface area contributed by atoms with Crippen LogP contribution in [0.25, 0.3) is 11.3 Å². The fourth-order valence-electron chi connectivity index (χ4n) is 6.53. The van der Waals surface area contributed by atoms with Crippen LogP contribution in [0.4, 0.5) is 13.2 Å². The second-order valence-electron chi connectivity index (χ2n) is 11.2. The Morgan fingerprint density at radius 1 is 1.15 bits per heavy atom. The van der Waals surface area contributed by atoms with Gasteiger partial charge in [-0.1, -0.05) is 13.0 Å². The van der Waals surface area contributed by atoms with Crippen molar-refractivity contribution in [3.63, 3.8) is 0 Å². The van der Waals surface area contributed by atoms with Crippen molar-refractivity contribution in [2.45, 2.75) is 82.8 Å². The Kier molecular flexibility index (Phi) is 6.48. The molecule has 2 aromatic rings. The molecule has 5 rings (SSSR count). The van der Waals surface area contributed by atoms with Gasteiger partial charge in [0.25, 0.3) is 0 Å². The third kappa shape index (κ3) is 4.33. The van der Waals surface area contributed by atoms with Crippen molar-refractivity contribution in [1.29, 1.82) is 0 Å². The second-order valence-corrected chi connectivity index (χ2v) is 12.7. The molecule has 218 valence electrons. The van der Waals surface area contributed by atoms with Crippen molar-refractivity contribution in [1.82, 2.24) is 0 Å². The summed E-state index contributed by atoms with van der Waals surface area (Å²) < 4.78 is 89.7. The van der Waals surface area contributed by atoms with Gasteiger partial charge in [-0.25, -0.2) is 0 Å². The van der Waals surface area contributed by atoms with Crippen LogP contribution in [0.1, 0.15) is 63.3 Å². The van der Waals surface area contributed by atoms with Gasteiger partial charge in [-0.15, -0.1) is 0 Å². The normalized spacial score (nSPS) is 28.9. The van der Waals surface area contributed by atoms with Crippen LogP contribution in [-0.4, -0.2) is 49.8 Å². The van der Waals surface area contributed by atoms with Gasteiger partial charge in [-0.3, -0.25) is 9.59 Å². The van der Waals surface area contributed by atoms with Gasteiger partial charge in [-0.2, -0.15) is 21.6 Å². The van der Waals surface area contributed by atoms with E-state index in [0.717, 1.165) is 11.6 Å². The average Bonchev–Trinajstić information content (AvgIpc) is 3.44. The van der Waals surface area contributed by atoms with Crippen LogP contribution in [0.15, 0.2) is 28.7 Å². The van der Waals surface area contributed by atoms with Gasteiger partial charge in [0.2, 0.25) is 5.78 Å². The smallest absolute Gasteiger partial charge is 0.461 e. The topological polar surface area (TPSA) is 118 Å². The summed E-state index contributed by atoms with van der Waals surface area (Å²) in [6.45, 7) is 7.87.